The number of methoxy groups -OCH3 is 1. The summed E-state index contributed by atoms with van der Waals surface area (Å²) in [6.07, 6.45) is 0. The lowest BCUT2D eigenvalue weighted by Crippen LogP contribution is -2.18. The molecule has 3 aromatic rings. The van der Waals surface area contributed by atoms with E-state index in [0.717, 1.165) is 6.07 Å². The number of nitrogens with one attached hydrogen (secondary N) is 1. The Kier molecular flexibility index (Phi) is 7.46. The fourth-order valence-electron chi connectivity index (χ4n) is 2.76. The molecule has 3 aromatic carbocycles. The van der Waals surface area contributed by atoms with Crippen LogP contribution in [0.25, 0.3) is 0 Å². The molecule has 0 unspecified atom stereocenters. The molecule has 33 heavy (non-hydrogen) atoms. The Bertz CT molecular complexity index is 1240. The van der Waals surface area contributed by atoms with Crippen LogP contribution < -0.4 is 14.2 Å². The molecule has 172 valence electrons. The fraction of sp³-hybridized carbons (Fsp3) is 0.136. The van der Waals surface area contributed by atoms with Crippen LogP contribution in [0, 0.1) is 10.1 Å². The van der Waals surface area contributed by atoms with Crippen LogP contribution in [0.2, 0.25) is 0 Å². The van der Waals surface area contributed by atoms with Gasteiger partial charge in [-0.1, -0.05) is 18.2 Å². The lowest BCUT2D eigenvalue weighted by atomic mass is 10.2. The Morgan fingerprint density at radius 2 is 1.67 bits per heavy atom. The molecule has 0 bridgehead atoms. The molecule has 1 N–H and O–H groups in total. The van der Waals surface area contributed by atoms with Gasteiger partial charge in [0.25, 0.3) is 15.7 Å². The largest absolute Gasteiger partial charge is 0.497 e. The van der Waals surface area contributed by atoms with Crippen LogP contribution in [0.4, 0.5) is 11.4 Å². The molecule has 0 aliphatic heterocycles. The minimum Gasteiger partial charge on any atom is -0.497 e. The monoisotopic (exact) mass is 472 g/mol. The molecule has 11 heteroatoms. The van der Waals surface area contributed by atoms with E-state index in [9.17, 15) is 23.3 Å². The average molecular weight is 472 g/mol. The quantitative estimate of drug-likeness (QED) is 0.205. The second-order valence-corrected chi connectivity index (χ2v) is 8.25. The van der Waals surface area contributed by atoms with E-state index in [1.807, 2.05) is 0 Å². The summed E-state index contributed by atoms with van der Waals surface area (Å²) in [6, 6.07) is 17.3. The van der Waals surface area contributed by atoms with Crippen molar-refractivity contribution >= 4 is 27.4 Å². The van der Waals surface area contributed by atoms with Crippen molar-refractivity contribution in [2.24, 2.45) is 0 Å². The zero-order valence-corrected chi connectivity index (χ0v) is 18.3. The highest BCUT2D eigenvalue weighted by atomic mass is 32.2. The number of benzene rings is 3. The molecule has 0 saturated heterocycles. The van der Waals surface area contributed by atoms with Crippen LogP contribution >= 0.6 is 0 Å². The molecule has 0 aromatic heterocycles. The number of hydrogen-bond donors (Lipinski definition) is 1. The van der Waals surface area contributed by atoms with Gasteiger partial charge in [0.1, 0.15) is 24.7 Å². The number of nitro benzene ring substituents is 1. The predicted octanol–water partition coefficient (Wildman–Crippen LogP) is 3.64. The summed E-state index contributed by atoms with van der Waals surface area (Å²) in [6.45, 7) is 0.0104. The molecular formula is C22H20N2O8S. The Balaban J connectivity index is 1.64. The van der Waals surface area contributed by atoms with Gasteiger partial charge < -0.3 is 14.2 Å². The Hall–Kier alpha value is -4.12. The minimum atomic E-state index is -4.19. The number of rotatable bonds is 10. The molecule has 0 radical (unpaired) electrons. The Morgan fingerprint density at radius 1 is 0.970 bits per heavy atom. The number of sulfonamides is 1. The molecule has 0 amide bonds. The summed E-state index contributed by atoms with van der Waals surface area (Å²) < 4.78 is 43.4. The van der Waals surface area contributed by atoms with Crippen LogP contribution in [0.3, 0.4) is 0 Å². The summed E-state index contributed by atoms with van der Waals surface area (Å²) in [5.74, 6) is 0.487. The van der Waals surface area contributed by atoms with E-state index in [1.54, 1.807) is 37.4 Å². The van der Waals surface area contributed by atoms with Gasteiger partial charge in [-0.3, -0.25) is 14.8 Å². The van der Waals surface area contributed by atoms with Crippen molar-refractivity contribution in [3.05, 3.63) is 88.5 Å². The maximum atomic E-state index is 12.7. The fourth-order valence-corrected chi connectivity index (χ4v) is 3.88. The third-order valence-corrected chi connectivity index (χ3v) is 5.74. The van der Waals surface area contributed by atoms with Gasteiger partial charge in [0, 0.05) is 12.1 Å². The van der Waals surface area contributed by atoms with E-state index in [1.165, 1.54) is 36.4 Å². The molecule has 0 saturated carbocycles. The number of esters is 1. The third kappa shape index (κ3) is 6.20. The van der Waals surface area contributed by atoms with Crippen LogP contribution in [0.1, 0.15) is 10.4 Å². The van der Waals surface area contributed by atoms with Gasteiger partial charge in [0.2, 0.25) is 0 Å². The molecule has 0 atom stereocenters. The number of anilines is 1. The zero-order valence-electron chi connectivity index (χ0n) is 17.5. The van der Waals surface area contributed by atoms with Gasteiger partial charge in [0.15, 0.2) is 0 Å². The van der Waals surface area contributed by atoms with Crippen LogP contribution in [0.15, 0.2) is 77.7 Å². The van der Waals surface area contributed by atoms with E-state index < -0.39 is 20.9 Å². The molecule has 10 nitrogen and oxygen atoms in total. The number of nitrogens with zero attached hydrogens (tertiary/aromatic N) is 1. The summed E-state index contributed by atoms with van der Waals surface area (Å²) in [7, 11) is -2.64. The molecule has 0 fully saturated rings. The van der Waals surface area contributed by atoms with E-state index in [-0.39, 0.29) is 35.0 Å². The van der Waals surface area contributed by atoms with Gasteiger partial charge in [-0.15, -0.1) is 0 Å². The number of nitro groups is 1. The lowest BCUT2D eigenvalue weighted by Gasteiger charge is -2.13. The third-order valence-electron chi connectivity index (χ3n) is 4.37. The van der Waals surface area contributed by atoms with Crippen molar-refractivity contribution in [1.82, 2.24) is 0 Å². The first kappa shape index (κ1) is 23.5. The first-order valence-corrected chi connectivity index (χ1v) is 11.1. The molecule has 3 rings (SSSR count). The maximum absolute atomic E-state index is 12.7. The zero-order chi connectivity index (χ0) is 23.8. The van der Waals surface area contributed by atoms with Gasteiger partial charge in [0.05, 0.1) is 28.2 Å². The van der Waals surface area contributed by atoms with Crippen LogP contribution in [0.5, 0.6) is 11.5 Å². The Morgan fingerprint density at radius 3 is 2.36 bits per heavy atom. The number of ether oxygens (including phenoxy) is 3. The standard InChI is InChI=1S/C22H20N2O8S/c1-30-17-9-11-18(12-10-17)31-13-14-32-22(25)20-7-2-3-8-21(20)23-33(28,29)19-6-4-5-16(15-19)24(26)27/h2-12,15,23H,13-14H2,1H3. The number of carbonyl (C=O) groups excluding carboxylic acids is 1. The van der Waals surface area contributed by atoms with Crippen molar-refractivity contribution < 1.29 is 32.3 Å². The first-order chi connectivity index (χ1) is 15.8. The highest BCUT2D eigenvalue weighted by Gasteiger charge is 2.21. The average Bonchev–Trinajstić information content (AvgIpc) is 2.82. The summed E-state index contributed by atoms with van der Waals surface area (Å²) in [5, 5.41) is 10.9. The first-order valence-electron chi connectivity index (χ1n) is 9.60. The Labute approximate surface area is 189 Å². The highest BCUT2D eigenvalue weighted by Crippen LogP contribution is 2.23. The second-order valence-electron chi connectivity index (χ2n) is 6.57. The summed E-state index contributed by atoms with van der Waals surface area (Å²) in [4.78, 5) is 22.4. The molecular weight excluding hydrogens is 452 g/mol. The van der Waals surface area contributed by atoms with Crippen molar-refractivity contribution in [2.75, 3.05) is 25.0 Å². The number of para-hydroxylation sites is 1. The minimum absolute atomic E-state index is 0.0176. The number of carbonyl (C=O) groups is 1. The number of non-ortho nitro benzene ring substituents is 1. The molecule has 0 aliphatic rings. The SMILES string of the molecule is COc1ccc(OCCOC(=O)c2ccccc2NS(=O)(=O)c2cccc([N+](=O)[O-])c2)cc1. The second kappa shape index (κ2) is 10.5. The van der Waals surface area contributed by atoms with Crippen molar-refractivity contribution in [1.29, 1.82) is 0 Å². The van der Waals surface area contributed by atoms with E-state index in [4.69, 9.17) is 14.2 Å². The van der Waals surface area contributed by atoms with Crippen molar-refractivity contribution in [3.63, 3.8) is 0 Å². The predicted molar refractivity (Wildman–Crippen MR) is 119 cm³/mol. The van der Waals surface area contributed by atoms with Gasteiger partial charge >= 0.3 is 5.97 Å². The van der Waals surface area contributed by atoms with Gasteiger partial charge in [-0.05, 0) is 42.5 Å². The topological polar surface area (TPSA) is 134 Å². The van der Waals surface area contributed by atoms with E-state index in [0.29, 0.717) is 11.5 Å². The van der Waals surface area contributed by atoms with Crippen LogP contribution in [-0.4, -0.2) is 39.6 Å². The van der Waals surface area contributed by atoms with Gasteiger partial charge in [-0.2, -0.15) is 0 Å². The smallest absolute Gasteiger partial charge is 0.340 e. The number of hydrogen-bond acceptors (Lipinski definition) is 8. The van der Waals surface area contributed by atoms with Crippen LogP contribution in [-0.2, 0) is 14.8 Å². The highest BCUT2D eigenvalue weighted by molar-refractivity contribution is 7.92. The maximum Gasteiger partial charge on any atom is 0.340 e. The molecule has 0 aliphatic carbocycles. The van der Waals surface area contributed by atoms with Gasteiger partial charge in [-0.25, -0.2) is 13.2 Å². The lowest BCUT2D eigenvalue weighted by molar-refractivity contribution is -0.385. The normalized spacial score (nSPS) is 10.8. The summed E-state index contributed by atoms with van der Waals surface area (Å²) in [5.41, 5.74) is -0.413. The summed E-state index contributed by atoms with van der Waals surface area (Å²) >= 11 is 0. The molecule has 0 spiro atoms. The van der Waals surface area contributed by atoms with Crippen molar-refractivity contribution in [2.45, 2.75) is 4.90 Å². The van der Waals surface area contributed by atoms with Crippen molar-refractivity contribution in [3.8, 4) is 11.5 Å². The van der Waals surface area contributed by atoms with E-state index in [2.05, 4.69) is 4.72 Å². The molecule has 0 heterocycles. The van der Waals surface area contributed by atoms with E-state index >= 15 is 0 Å².